The van der Waals surface area contributed by atoms with Crippen molar-refractivity contribution in [1.82, 2.24) is 10.2 Å². The van der Waals surface area contributed by atoms with Gasteiger partial charge in [-0.15, -0.1) is 16.7 Å². The summed E-state index contributed by atoms with van der Waals surface area (Å²) < 4.78 is 15.7. The van der Waals surface area contributed by atoms with E-state index in [0.29, 0.717) is 28.1 Å². The van der Waals surface area contributed by atoms with Gasteiger partial charge in [-0.3, -0.25) is 0 Å². The maximum absolute atomic E-state index is 6.07. The average molecular weight is 318 g/mol. The number of rotatable bonds is 5. The van der Waals surface area contributed by atoms with Crippen LogP contribution in [0.2, 0.25) is 5.02 Å². The number of nitrogens with one attached hydrogen (secondary N) is 1. The smallest absolute Gasteiger partial charge is 0.320 e. The number of hydrogen-bond donors (Lipinski definition) is 1. The quantitative estimate of drug-likeness (QED) is 0.846. The third-order valence-electron chi connectivity index (χ3n) is 2.50. The molecule has 0 bridgehead atoms. The third-order valence-corrected chi connectivity index (χ3v) is 2.98. The van der Waals surface area contributed by atoms with Gasteiger partial charge in [-0.1, -0.05) is 16.7 Å². The first-order valence-electron chi connectivity index (χ1n) is 5.71. The van der Waals surface area contributed by atoms with Gasteiger partial charge in [-0.2, -0.15) is 0 Å². The zero-order chi connectivity index (χ0) is 14.7. The van der Waals surface area contributed by atoms with Crippen LogP contribution in [0.25, 0.3) is 0 Å². The lowest BCUT2D eigenvalue weighted by atomic mass is 10.2. The van der Waals surface area contributed by atoms with Crippen LogP contribution < -0.4 is 14.8 Å². The summed E-state index contributed by atoms with van der Waals surface area (Å²) in [6, 6.07) is 3.51. The third kappa shape index (κ3) is 3.08. The fourth-order valence-corrected chi connectivity index (χ4v) is 1.85. The summed E-state index contributed by atoms with van der Waals surface area (Å²) >= 11 is 11.9. The van der Waals surface area contributed by atoms with E-state index in [1.165, 1.54) is 14.2 Å². The molecule has 1 heterocycles. The van der Waals surface area contributed by atoms with Crippen LogP contribution in [0, 0.1) is 0 Å². The Morgan fingerprint density at radius 3 is 2.45 bits per heavy atom. The summed E-state index contributed by atoms with van der Waals surface area (Å²) in [5, 5.41) is 10.6. The first kappa shape index (κ1) is 14.7. The van der Waals surface area contributed by atoms with E-state index < -0.39 is 0 Å². The van der Waals surface area contributed by atoms with Gasteiger partial charge in [0.25, 0.3) is 0 Å². The van der Waals surface area contributed by atoms with Crippen LogP contribution in [0.3, 0.4) is 0 Å². The molecule has 20 heavy (non-hydrogen) atoms. The predicted octanol–water partition coefficient (Wildman–Crippen LogP) is 3.78. The second-order valence-electron chi connectivity index (χ2n) is 3.87. The molecule has 0 spiro atoms. The predicted molar refractivity (Wildman–Crippen MR) is 76.4 cm³/mol. The molecule has 0 radical (unpaired) electrons. The van der Waals surface area contributed by atoms with Crippen molar-refractivity contribution < 1.29 is 13.9 Å². The van der Waals surface area contributed by atoms with E-state index in [1.54, 1.807) is 19.1 Å². The summed E-state index contributed by atoms with van der Waals surface area (Å²) in [6.07, 6.45) is 0. The monoisotopic (exact) mass is 317 g/mol. The lowest BCUT2D eigenvalue weighted by molar-refractivity contribution is 0.395. The van der Waals surface area contributed by atoms with E-state index in [4.69, 9.17) is 37.1 Å². The average Bonchev–Trinajstić information content (AvgIpc) is 2.88. The summed E-state index contributed by atoms with van der Waals surface area (Å²) in [7, 11) is 3.06. The summed E-state index contributed by atoms with van der Waals surface area (Å²) in [6.45, 7) is 1.74. The molecular formula is C12H13Cl2N3O3. The van der Waals surface area contributed by atoms with Crippen LogP contribution in [-0.4, -0.2) is 24.4 Å². The number of ether oxygens (including phenoxy) is 2. The molecule has 1 unspecified atom stereocenters. The van der Waals surface area contributed by atoms with Gasteiger partial charge in [0.05, 0.1) is 24.9 Å². The highest BCUT2D eigenvalue weighted by atomic mass is 35.5. The van der Waals surface area contributed by atoms with Crippen molar-refractivity contribution in [2.75, 3.05) is 19.5 Å². The van der Waals surface area contributed by atoms with Crippen molar-refractivity contribution in [2.45, 2.75) is 12.3 Å². The molecule has 1 atom stereocenters. The zero-order valence-electron chi connectivity index (χ0n) is 11.1. The molecule has 0 aliphatic carbocycles. The van der Waals surface area contributed by atoms with Gasteiger partial charge in [0.2, 0.25) is 5.89 Å². The van der Waals surface area contributed by atoms with Crippen LogP contribution in [0.5, 0.6) is 11.5 Å². The summed E-state index contributed by atoms with van der Waals surface area (Å²) in [5.41, 5.74) is 0.579. The standard InChI is InChI=1S/C12H13Cl2N3O3/c1-6(13)11-16-17-12(20-11)15-8-4-7(14)9(18-2)5-10(8)19-3/h4-6H,1-3H3,(H,15,17). The topological polar surface area (TPSA) is 69.4 Å². The largest absolute Gasteiger partial charge is 0.495 e. The Morgan fingerprint density at radius 1 is 1.20 bits per heavy atom. The Kier molecular flexibility index (Phi) is 4.57. The first-order chi connectivity index (χ1) is 9.55. The van der Waals surface area contributed by atoms with E-state index in [1.807, 2.05) is 0 Å². The van der Waals surface area contributed by atoms with Gasteiger partial charge in [0, 0.05) is 6.07 Å². The zero-order valence-corrected chi connectivity index (χ0v) is 12.6. The molecule has 6 nitrogen and oxygen atoms in total. The highest BCUT2D eigenvalue weighted by Gasteiger charge is 2.15. The minimum Gasteiger partial charge on any atom is -0.495 e. The van der Waals surface area contributed by atoms with E-state index in [0.717, 1.165) is 0 Å². The lowest BCUT2D eigenvalue weighted by Crippen LogP contribution is -1.96. The van der Waals surface area contributed by atoms with Gasteiger partial charge in [0.1, 0.15) is 16.9 Å². The molecule has 1 aromatic heterocycles. The molecule has 2 aromatic rings. The number of halogens is 2. The van der Waals surface area contributed by atoms with Crippen molar-refractivity contribution in [3.8, 4) is 11.5 Å². The highest BCUT2D eigenvalue weighted by molar-refractivity contribution is 6.32. The van der Waals surface area contributed by atoms with Gasteiger partial charge in [-0.05, 0) is 13.0 Å². The van der Waals surface area contributed by atoms with Crippen molar-refractivity contribution in [3.05, 3.63) is 23.0 Å². The molecular weight excluding hydrogens is 305 g/mol. The van der Waals surface area contributed by atoms with E-state index >= 15 is 0 Å². The molecule has 8 heteroatoms. The number of anilines is 2. The van der Waals surface area contributed by atoms with Gasteiger partial charge in [-0.25, -0.2) is 0 Å². The second kappa shape index (κ2) is 6.19. The summed E-state index contributed by atoms with van der Waals surface area (Å²) in [5.74, 6) is 1.37. The Bertz CT molecular complexity index is 602. The fraction of sp³-hybridized carbons (Fsp3) is 0.333. The van der Waals surface area contributed by atoms with E-state index in [2.05, 4.69) is 15.5 Å². The Balaban J connectivity index is 2.29. The minimum atomic E-state index is -0.362. The molecule has 108 valence electrons. The number of hydrogen-bond acceptors (Lipinski definition) is 6. The Morgan fingerprint density at radius 2 is 1.90 bits per heavy atom. The summed E-state index contributed by atoms with van der Waals surface area (Å²) in [4.78, 5) is 0. The molecule has 1 N–H and O–H groups in total. The molecule has 2 rings (SSSR count). The number of alkyl halides is 1. The highest BCUT2D eigenvalue weighted by Crippen LogP contribution is 2.37. The molecule has 0 saturated carbocycles. The fourth-order valence-electron chi connectivity index (χ4n) is 1.52. The van der Waals surface area contributed by atoms with Gasteiger partial charge >= 0.3 is 6.01 Å². The van der Waals surface area contributed by atoms with Crippen LogP contribution in [-0.2, 0) is 0 Å². The molecule has 0 aliphatic rings. The van der Waals surface area contributed by atoms with Crippen molar-refractivity contribution >= 4 is 34.9 Å². The number of nitrogens with zero attached hydrogens (tertiary/aromatic N) is 2. The van der Waals surface area contributed by atoms with E-state index in [-0.39, 0.29) is 11.4 Å². The maximum atomic E-state index is 6.07. The van der Waals surface area contributed by atoms with Crippen LogP contribution in [0.1, 0.15) is 18.2 Å². The molecule has 0 saturated heterocycles. The number of benzene rings is 1. The Labute approximate surface area is 126 Å². The van der Waals surface area contributed by atoms with Crippen LogP contribution in [0.4, 0.5) is 11.7 Å². The lowest BCUT2D eigenvalue weighted by Gasteiger charge is -2.11. The SMILES string of the molecule is COc1cc(OC)c(Nc2nnc(C(C)Cl)o2)cc1Cl. The Hall–Kier alpha value is -1.66. The molecule has 1 aromatic carbocycles. The molecule has 0 aliphatic heterocycles. The van der Waals surface area contributed by atoms with Crippen LogP contribution >= 0.6 is 23.2 Å². The second-order valence-corrected chi connectivity index (χ2v) is 4.94. The first-order valence-corrected chi connectivity index (χ1v) is 6.52. The number of aromatic nitrogens is 2. The van der Waals surface area contributed by atoms with Crippen molar-refractivity contribution in [3.63, 3.8) is 0 Å². The molecule has 0 amide bonds. The maximum Gasteiger partial charge on any atom is 0.320 e. The molecule has 0 fully saturated rings. The van der Waals surface area contributed by atoms with Crippen molar-refractivity contribution in [1.29, 1.82) is 0 Å². The van der Waals surface area contributed by atoms with Gasteiger partial charge in [0.15, 0.2) is 0 Å². The number of methoxy groups -OCH3 is 2. The van der Waals surface area contributed by atoms with E-state index in [9.17, 15) is 0 Å². The van der Waals surface area contributed by atoms with Gasteiger partial charge < -0.3 is 19.2 Å². The van der Waals surface area contributed by atoms with Crippen molar-refractivity contribution in [2.24, 2.45) is 0 Å². The van der Waals surface area contributed by atoms with Crippen LogP contribution in [0.15, 0.2) is 16.5 Å². The normalized spacial score (nSPS) is 12.1. The minimum absolute atomic E-state index is 0.201.